The fourth-order valence-corrected chi connectivity index (χ4v) is 6.63. The Morgan fingerprint density at radius 3 is 2.50 bits per heavy atom. The first-order valence-corrected chi connectivity index (χ1v) is 15.8. The lowest BCUT2D eigenvalue weighted by atomic mass is 9.84. The average molecular weight is 582 g/mol. The summed E-state index contributed by atoms with van der Waals surface area (Å²) in [4.78, 5) is 36.0. The summed E-state index contributed by atoms with van der Waals surface area (Å²) >= 11 is 0. The lowest BCUT2D eigenvalue weighted by Crippen LogP contribution is -2.47. The molecule has 1 saturated heterocycles. The third-order valence-corrected chi connectivity index (χ3v) is 9.45. The third-order valence-electron chi connectivity index (χ3n) is 9.45. The van der Waals surface area contributed by atoms with Crippen LogP contribution in [-0.2, 0) is 4.79 Å². The summed E-state index contributed by atoms with van der Waals surface area (Å²) in [5, 5.41) is 16.3. The van der Waals surface area contributed by atoms with Crippen molar-refractivity contribution in [3.63, 3.8) is 0 Å². The summed E-state index contributed by atoms with van der Waals surface area (Å²) in [6, 6.07) is 5.85. The van der Waals surface area contributed by atoms with Crippen molar-refractivity contribution in [2.24, 2.45) is 10.4 Å². The van der Waals surface area contributed by atoms with Gasteiger partial charge in [0, 0.05) is 31.2 Å². The molecule has 9 nitrogen and oxygen atoms in total. The van der Waals surface area contributed by atoms with Crippen molar-refractivity contribution in [1.82, 2.24) is 15.1 Å². The Morgan fingerprint density at radius 2 is 1.88 bits per heavy atom. The van der Waals surface area contributed by atoms with Crippen LogP contribution >= 0.6 is 0 Å². The zero-order valence-electron chi connectivity index (χ0n) is 26.4. The minimum atomic E-state index is -0.495. The van der Waals surface area contributed by atoms with Gasteiger partial charge in [-0.15, -0.1) is 0 Å². The van der Waals surface area contributed by atoms with Crippen molar-refractivity contribution >= 4 is 23.3 Å². The fourth-order valence-electron chi connectivity index (χ4n) is 6.63. The van der Waals surface area contributed by atoms with Crippen LogP contribution in [0, 0.1) is 5.41 Å². The Kier molecular flexibility index (Phi) is 10.6. The molecule has 2 amide bonds. The van der Waals surface area contributed by atoms with Gasteiger partial charge in [0.2, 0.25) is 5.91 Å². The number of carbonyl (C=O) groups excluding carboxylic acids is 2. The summed E-state index contributed by atoms with van der Waals surface area (Å²) in [6.45, 7) is 8.81. The number of allylic oxidation sites excluding steroid dienone is 1. The number of ether oxygens (including phenoxy) is 1. The summed E-state index contributed by atoms with van der Waals surface area (Å²) in [5.74, 6) is 1.41. The fraction of sp³-hybridized carbons (Fsp3) is 0.667. The zero-order chi connectivity index (χ0) is 30.4. The number of anilines is 1. The van der Waals surface area contributed by atoms with E-state index in [4.69, 9.17) is 9.73 Å². The second-order valence-corrected chi connectivity index (χ2v) is 12.5. The predicted octanol–water partition coefficient (Wildman–Crippen LogP) is 5.31. The third kappa shape index (κ3) is 7.10. The van der Waals surface area contributed by atoms with Gasteiger partial charge in [-0.1, -0.05) is 32.3 Å². The summed E-state index contributed by atoms with van der Waals surface area (Å²) in [7, 11) is 3.47. The number of rotatable bonds is 8. The van der Waals surface area contributed by atoms with Gasteiger partial charge in [-0.3, -0.25) is 9.59 Å². The summed E-state index contributed by atoms with van der Waals surface area (Å²) in [5.41, 5.74) is 1.62. The number of carbonyl (C=O) groups is 2. The molecule has 42 heavy (non-hydrogen) atoms. The Hall–Kier alpha value is -3.07. The minimum absolute atomic E-state index is 0.0765. The van der Waals surface area contributed by atoms with Gasteiger partial charge < -0.3 is 30.3 Å². The highest BCUT2D eigenvalue weighted by molar-refractivity contribution is 6.04. The van der Waals surface area contributed by atoms with E-state index in [1.807, 2.05) is 33.0 Å². The molecule has 0 bridgehead atoms. The van der Waals surface area contributed by atoms with Crippen LogP contribution in [0.25, 0.3) is 0 Å². The van der Waals surface area contributed by atoms with Gasteiger partial charge in [-0.05, 0) is 83.9 Å². The molecule has 1 aliphatic heterocycles. The second kappa shape index (κ2) is 13.9. The van der Waals surface area contributed by atoms with Crippen LogP contribution in [0.15, 0.2) is 35.0 Å². The number of amides is 2. The van der Waals surface area contributed by atoms with Crippen molar-refractivity contribution in [2.45, 2.75) is 116 Å². The number of amidine groups is 1. The van der Waals surface area contributed by atoms with E-state index in [1.165, 1.54) is 19.3 Å². The number of aliphatic hydroxyl groups is 1. The number of aliphatic hydroxyl groups excluding tert-OH is 1. The molecule has 3 N–H and O–H groups in total. The van der Waals surface area contributed by atoms with Crippen molar-refractivity contribution in [3.8, 4) is 5.75 Å². The number of hydrogen-bond acceptors (Lipinski definition) is 6. The number of methoxy groups -OCH3 is 1. The monoisotopic (exact) mass is 581 g/mol. The number of hydrogen-bond donors (Lipinski definition) is 3. The second-order valence-electron chi connectivity index (χ2n) is 12.5. The number of nitrogens with one attached hydrogen (secondary N) is 2. The van der Waals surface area contributed by atoms with E-state index in [2.05, 4.69) is 29.4 Å². The van der Waals surface area contributed by atoms with Crippen LogP contribution in [0.1, 0.15) is 102 Å². The molecule has 2 aliphatic carbocycles. The number of likely N-dealkylation sites (N-methyl/N-ethyl adjacent to an activating group) is 1. The Morgan fingerprint density at radius 1 is 1.19 bits per heavy atom. The van der Waals surface area contributed by atoms with Crippen LogP contribution in [0.5, 0.6) is 5.75 Å². The van der Waals surface area contributed by atoms with E-state index in [9.17, 15) is 14.7 Å². The van der Waals surface area contributed by atoms with E-state index in [-0.39, 0.29) is 30.1 Å². The first-order valence-electron chi connectivity index (χ1n) is 15.8. The first kappa shape index (κ1) is 31.9. The van der Waals surface area contributed by atoms with Gasteiger partial charge in [0.15, 0.2) is 0 Å². The van der Waals surface area contributed by atoms with Crippen molar-refractivity contribution in [1.29, 1.82) is 0 Å². The normalized spacial score (nSPS) is 28.5. The molecule has 3 aliphatic rings. The molecule has 0 spiro atoms. The highest BCUT2D eigenvalue weighted by Crippen LogP contribution is 2.36. The molecular formula is C33H51N5O4. The van der Waals surface area contributed by atoms with E-state index < -0.39 is 5.41 Å². The SMILES string of the molecule is CC=C1C(=NC(C)Nc2ccc(C(=O)NC3CCC(O)CC3)cc2OC)N(C2CCCCC2)CC(C)(CC)C(=O)N1C. The van der Waals surface area contributed by atoms with Crippen LogP contribution in [-0.4, -0.2) is 77.6 Å². The predicted molar refractivity (Wildman–Crippen MR) is 168 cm³/mol. The molecule has 232 valence electrons. The Labute approximate surface area is 251 Å². The van der Waals surface area contributed by atoms with E-state index in [0.29, 0.717) is 36.7 Å². The first-order chi connectivity index (χ1) is 20.1. The maximum Gasteiger partial charge on any atom is 0.251 e. The van der Waals surface area contributed by atoms with Gasteiger partial charge in [0.25, 0.3) is 5.91 Å². The number of aliphatic imine (C=N–C) groups is 1. The van der Waals surface area contributed by atoms with Gasteiger partial charge in [0.1, 0.15) is 17.8 Å². The highest BCUT2D eigenvalue weighted by Gasteiger charge is 2.44. The zero-order valence-corrected chi connectivity index (χ0v) is 26.4. The Bertz CT molecular complexity index is 1170. The van der Waals surface area contributed by atoms with Crippen LogP contribution < -0.4 is 15.4 Å². The molecule has 9 heteroatoms. The molecule has 0 aromatic heterocycles. The topological polar surface area (TPSA) is 106 Å². The molecular weight excluding hydrogens is 530 g/mol. The molecule has 1 heterocycles. The molecule has 1 aromatic carbocycles. The maximum absolute atomic E-state index is 13.7. The molecule has 4 rings (SSSR count). The van der Waals surface area contributed by atoms with Gasteiger partial charge in [0.05, 0.1) is 30.0 Å². The minimum Gasteiger partial charge on any atom is -0.495 e. The average Bonchev–Trinajstić information content (AvgIpc) is 3.07. The van der Waals surface area contributed by atoms with Crippen LogP contribution in [0.4, 0.5) is 5.69 Å². The summed E-state index contributed by atoms with van der Waals surface area (Å²) in [6.07, 6.45) is 11.0. The summed E-state index contributed by atoms with van der Waals surface area (Å²) < 4.78 is 5.68. The smallest absolute Gasteiger partial charge is 0.251 e. The standard InChI is InChI=1S/C33H51N5O4/c1-7-28-30(38(25-12-10-9-11-13-25)21-33(4,8-2)32(41)37(28)5)35-22(3)34-27-19-14-23(20-29(27)42-6)31(40)36-24-15-17-26(39)18-16-24/h7,14,19-20,22,24-26,34,39H,8-13,15-18,21H2,1-6H3,(H,36,40). The van der Waals surface area contributed by atoms with Gasteiger partial charge >= 0.3 is 0 Å². The van der Waals surface area contributed by atoms with Crippen LogP contribution in [0.2, 0.25) is 0 Å². The number of nitrogens with zero attached hydrogens (tertiary/aromatic N) is 3. The largest absolute Gasteiger partial charge is 0.495 e. The van der Waals surface area contributed by atoms with Crippen molar-refractivity contribution in [2.75, 3.05) is 26.0 Å². The number of benzene rings is 1. The molecule has 0 radical (unpaired) electrons. The Balaban J connectivity index is 1.58. The molecule has 2 unspecified atom stereocenters. The molecule has 1 aromatic rings. The van der Waals surface area contributed by atoms with Crippen molar-refractivity contribution < 1.29 is 19.4 Å². The van der Waals surface area contributed by atoms with E-state index in [0.717, 1.165) is 49.3 Å². The maximum atomic E-state index is 13.7. The quantitative estimate of drug-likeness (QED) is 0.384. The molecule has 3 fully saturated rings. The van der Waals surface area contributed by atoms with Crippen LogP contribution in [0.3, 0.4) is 0 Å². The van der Waals surface area contributed by atoms with Gasteiger partial charge in [-0.25, -0.2) is 4.99 Å². The van der Waals surface area contributed by atoms with Crippen molar-refractivity contribution in [3.05, 3.63) is 35.5 Å². The van der Waals surface area contributed by atoms with E-state index >= 15 is 0 Å². The molecule has 2 atom stereocenters. The highest BCUT2D eigenvalue weighted by atomic mass is 16.5. The lowest BCUT2D eigenvalue weighted by molar-refractivity contribution is -0.138. The lowest BCUT2D eigenvalue weighted by Gasteiger charge is -2.39. The van der Waals surface area contributed by atoms with Gasteiger partial charge in [-0.2, -0.15) is 0 Å². The molecule has 2 saturated carbocycles. The van der Waals surface area contributed by atoms with E-state index in [1.54, 1.807) is 24.1 Å².